The topological polar surface area (TPSA) is 58.6 Å². The van der Waals surface area contributed by atoms with Crippen LogP contribution in [-0.2, 0) is 0 Å². The number of methoxy groups -OCH3 is 1. The van der Waals surface area contributed by atoms with Crippen LogP contribution in [0.2, 0.25) is 0 Å². The number of anilines is 1. The number of amides is 2. The fraction of sp³-hybridized carbons (Fsp3) is 0.364. The molecule has 0 spiro atoms. The van der Waals surface area contributed by atoms with E-state index >= 15 is 0 Å². The number of carbonyl (C=O) groups excluding carboxylic acids is 2. The van der Waals surface area contributed by atoms with Crippen LogP contribution >= 0.6 is 0 Å². The number of likely N-dealkylation sites (tertiary alicyclic amines) is 1. The Labute approximate surface area is 160 Å². The number of hydrogen-bond donors (Lipinski definition) is 1. The Bertz CT molecular complexity index is 807. The van der Waals surface area contributed by atoms with Gasteiger partial charge in [-0.2, -0.15) is 0 Å². The molecule has 142 valence electrons. The fourth-order valence-electron chi connectivity index (χ4n) is 3.70. The van der Waals surface area contributed by atoms with Crippen LogP contribution in [0.1, 0.15) is 53.8 Å². The molecule has 0 saturated carbocycles. The molecule has 0 radical (unpaired) electrons. The second-order valence-electron chi connectivity index (χ2n) is 7.07. The van der Waals surface area contributed by atoms with Crippen molar-refractivity contribution in [2.24, 2.45) is 0 Å². The summed E-state index contributed by atoms with van der Waals surface area (Å²) in [5.74, 6) is 0.331. The van der Waals surface area contributed by atoms with Crippen molar-refractivity contribution in [3.05, 3.63) is 59.7 Å². The third-order valence-corrected chi connectivity index (χ3v) is 5.17. The van der Waals surface area contributed by atoms with Gasteiger partial charge in [0.05, 0.1) is 12.7 Å². The molecule has 1 N–H and O–H groups in total. The van der Waals surface area contributed by atoms with Crippen LogP contribution < -0.4 is 10.1 Å². The molecule has 3 rings (SSSR count). The molecule has 2 atom stereocenters. The highest BCUT2D eigenvalue weighted by molar-refractivity contribution is 6.06. The number of para-hydroxylation sites is 1. The number of piperidine rings is 1. The maximum Gasteiger partial charge on any atom is 0.259 e. The van der Waals surface area contributed by atoms with Gasteiger partial charge in [-0.3, -0.25) is 9.59 Å². The van der Waals surface area contributed by atoms with Crippen LogP contribution in [0.25, 0.3) is 0 Å². The number of ether oxygens (including phenoxy) is 1. The maximum absolute atomic E-state index is 12.9. The van der Waals surface area contributed by atoms with Crippen molar-refractivity contribution in [3.8, 4) is 5.75 Å². The van der Waals surface area contributed by atoms with Crippen molar-refractivity contribution in [3.63, 3.8) is 0 Å². The Morgan fingerprint density at radius 2 is 1.63 bits per heavy atom. The van der Waals surface area contributed by atoms with Gasteiger partial charge >= 0.3 is 0 Å². The summed E-state index contributed by atoms with van der Waals surface area (Å²) in [4.78, 5) is 27.3. The lowest BCUT2D eigenvalue weighted by molar-refractivity contribution is 0.0510. The molecule has 1 aliphatic rings. The van der Waals surface area contributed by atoms with Gasteiger partial charge in [-0.05, 0) is 69.5 Å². The second kappa shape index (κ2) is 8.25. The monoisotopic (exact) mass is 366 g/mol. The normalized spacial score (nSPS) is 19.4. The largest absolute Gasteiger partial charge is 0.496 e. The van der Waals surface area contributed by atoms with Gasteiger partial charge in [-0.15, -0.1) is 0 Å². The van der Waals surface area contributed by atoms with Gasteiger partial charge in [0.15, 0.2) is 0 Å². The van der Waals surface area contributed by atoms with Crippen LogP contribution in [0, 0.1) is 0 Å². The first-order valence-electron chi connectivity index (χ1n) is 9.38. The molecule has 2 amide bonds. The molecule has 2 aromatic rings. The molecule has 5 heteroatoms. The number of benzene rings is 2. The SMILES string of the molecule is COc1ccccc1C(=O)Nc1ccc(C(=O)N2[C@H](C)CCC[C@H]2C)cc1. The lowest BCUT2D eigenvalue weighted by Crippen LogP contribution is -2.47. The second-order valence-corrected chi connectivity index (χ2v) is 7.07. The van der Waals surface area contributed by atoms with Crippen molar-refractivity contribution in [2.75, 3.05) is 12.4 Å². The maximum atomic E-state index is 12.9. The molecule has 0 bridgehead atoms. The summed E-state index contributed by atoms with van der Waals surface area (Å²) in [5.41, 5.74) is 1.75. The van der Waals surface area contributed by atoms with Gasteiger partial charge in [-0.1, -0.05) is 12.1 Å². The van der Waals surface area contributed by atoms with E-state index in [-0.39, 0.29) is 23.9 Å². The van der Waals surface area contributed by atoms with E-state index in [1.54, 1.807) is 42.5 Å². The highest BCUT2D eigenvalue weighted by Crippen LogP contribution is 2.25. The number of carbonyl (C=O) groups is 2. The van der Waals surface area contributed by atoms with Crippen LogP contribution in [0.4, 0.5) is 5.69 Å². The summed E-state index contributed by atoms with van der Waals surface area (Å²) in [6.07, 6.45) is 3.26. The molecular formula is C22H26N2O3. The van der Waals surface area contributed by atoms with Crippen molar-refractivity contribution in [1.82, 2.24) is 4.90 Å². The molecule has 5 nitrogen and oxygen atoms in total. The molecule has 1 heterocycles. The standard InChI is InChI=1S/C22H26N2O3/c1-15-7-6-8-16(2)24(15)22(26)17-11-13-18(14-12-17)23-21(25)19-9-4-5-10-20(19)27-3/h4-5,9-16H,6-8H2,1-3H3,(H,23,25)/t15-,16-/m1/s1. The summed E-state index contributed by atoms with van der Waals surface area (Å²) in [6, 6.07) is 14.7. The first kappa shape index (κ1) is 19.0. The number of rotatable bonds is 4. The minimum Gasteiger partial charge on any atom is -0.496 e. The van der Waals surface area contributed by atoms with Crippen LogP contribution in [0.3, 0.4) is 0 Å². The molecule has 2 aromatic carbocycles. The summed E-state index contributed by atoms with van der Waals surface area (Å²) in [5, 5.41) is 2.85. The predicted octanol–water partition coefficient (Wildman–Crippen LogP) is 4.35. The summed E-state index contributed by atoms with van der Waals surface area (Å²) < 4.78 is 5.23. The third kappa shape index (κ3) is 4.13. The average Bonchev–Trinajstić information content (AvgIpc) is 2.68. The zero-order valence-electron chi connectivity index (χ0n) is 16.1. The molecule has 0 aliphatic carbocycles. The Hall–Kier alpha value is -2.82. The Morgan fingerprint density at radius 3 is 2.26 bits per heavy atom. The zero-order chi connectivity index (χ0) is 19.4. The van der Waals surface area contributed by atoms with Crippen molar-refractivity contribution >= 4 is 17.5 Å². The molecule has 0 aromatic heterocycles. The summed E-state index contributed by atoms with van der Waals surface area (Å²) in [7, 11) is 1.54. The van der Waals surface area contributed by atoms with Gasteiger partial charge in [0, 0.05) is 23.3 Å². The first-order valence-corrected chi connectivity index (χ1v) is 9.38. The average molecular weight is 366 g/mol. The van der Waals surface area contributed by atoms with Crippen LogP contribution in [0.15, 0.2) is 48.5 Å². The van der Waals surface area contributed by atoms with E-state index in [0.717, 1.165) is 12.8 Å². The number of nitrogens with one attached hydrogen (secondary N) is 1. The molecule has 1 saturated heterocycles. The predicted molar refractivity (Wildman–Crippen MR) is 106 cm³/mol. The quantitative estimate of drug-likeness (QED) is 0.875. The number of nitrogens with zero attached hydrogens (tertiary/aromatic N) is 1. The third-order valence-electron chi connectivity index (χ3n) is 5.17. The number of hydrogen-bond acceptors (Lipinski definition) is 3. The van der Waals surface area contributed by atoms with Crippen molar-refractivity contribution < 1.29 is 14.3 Å². The van der Waals surface area contributed by atoms with Crippen LogP contribution in [0.5, 0.6) is 5.75 Å². The lowest BCUT2D eigenvalue weighted by Gasteiger charge is -2.39. The highest BCUT2D eigenvalue weighted by atomic mass is 16.5. The van der Waals surface area contributed by atoms with Crippen LogP contribution in [-0.4, -0.2) is 35.9 Å². The molecule has 1 aliphatic heterocycles. The Kier molecular flexibility index (Phi) is 5.79. The van der Waals surface area contributed by atoms with E-state index < -0.39 is 0 Å². The highest BCUT2D eigenvalue weighted by Gasteiger charge is 2.29. The van der Waals surface area contributed by atoms with E-state index in [2.05, 4.69) is 19.2 Å². The van der Waals surface area contributed by atoms with Gasteiger partial charge in [0.1, 0.15) is 5.75 Å². The Morgan fingerprint density at radius 1 is 1.00 bits per heavy atom. The molecule has 0 unspecified atom stereocenters. The minimum atomic E-state index is -0.246. The van der Waals surface area contributed by atoms with Gasteiger partial charge < -0.3 is 15.0 Å². The zero-order valence-corrected chi connectivity index (χ0v) is 16.1. The van der Waals surface area contributed by atoms with E-state index in [9.17, 15) is 9.59 Å². The fourth-order valence-corrected chi connectivity index (χ4v) is 3.70. The van der Waals surface area contributed by atoms with E-state index in [4.69, 9.17) is 4.74 Å². The Balaban J connectivity index is 1.72. The van der Waals surface area contributed by atoms with E-state index in [1.165, 1.54) is 13.5 Å². The van der Waals surface area contributed by atoms with Crippen molar-refractivity contribution in [1.29, 1.82) is 0 Å². The van der Waals surface area contributed by atoms with Crippen molar-refractivity contribution in [2.45, 2.75) is 45.2 Å². The summed E-state index contributed by atoms with van der Waals surface area (Å²) >= 11 is 0. The minimum absolute atomic E-state index is 0.0531. The summed E-state index contributed by atoms with van der Waals surface area (Å²) in [6.45, 7) is 4.21. The van der Waals surface area contributed by atoms with Gasteiger partial charge in [-0.25, -0.2) is 0 Å². The van der Waals surface area contributed by atoms with E-state index in [0.29, 0.717) is 22.6 Å². The molecule has 27 heavy (non-hydrogen) atoms. The van der Waals surface area contributed by atoms with Gasteiger partial charge in [0.25, 0.3) is 11.8 Å². The van der Waals surface area contributed by atoms with Gasteiger partial charge in [0.2, 0.25) is 0 Å². The lowest BCUT2D eigenvalue weighted by atomic mass is 9.96. The molecule has 1 fully saturated rings. The smallest absolute Gasteiger partial charge is 0.259 e. The first-order chi connectivity index (χ1) is 13.0. The van der Waals surface area contributed by atoms with E-state index in [1.807, 2.05) is 11.0 Å². The molecular weight excluding hydrogens is 340 g/mol.